The zero-order valence-corrected chi connectivity index (χ0v) is 9.03. The van der Waals surface area contributed by atoms with Gasteiger partial charge in [-0.15, -0.1) is 0 Å². The highest BCUT2D eigenvalue weighted by molar-refractivity contribution is 6.02. The largest absolute Gasteiger partial charge is 0.390 e. The number of aliphatic hydroxyl groups excluding tert-OH is 1. The normalized spacial score (nSPS) is 30.4. The summed E-state index contributed by atoms with van der Waals surface area (Å²) in [7, 11) is 0. The zero-order chi connectivity index (χ0) is 11.5. The van der Waals surface area contributed by atoms with E-state index in [2.05, 4.69) is 16.2 Å². The number of hydrazine groups is 1. The van der Waals surface area contributed by atoms with Crippen LogP contribution in [0.1, 0.15) is 25.7 Å². The second kappa shape index (κ2) is 4.80. The van der Waals surface area contributed by atoms with E-state index in [1.807, 2.05) is 0 Å². The molecule has 1 saturated carbocycles. The van der Waals surface area contributed by atoms with Gasteiger partial charge in [-0.2, -0.15) is 0 Å². The molecule has 1 aliphatic heterocycles. The molecule has 4 N–H and O–H groups in total. The van der Waals surface area contributed by atoms with Gasteiger partial charge >= 0.3 is 0 Å². The van der Waals surface area contributed by atoms with Gasteiger partial charge in [0.25, 0.3) is 0 Å². The molecule has 1 saturated heterocycles. The lowest BCUT2D eigenvalue weighted by Gasteiger charge is -2.16. The third kappa shape index (κ3) is 2.33. The van der Waals surface area contributed by atoms with E-state index in [0.29, 0.717) is 6.04 Å². The van der Waals surface area contributed by atoms with E-state index in [1.165, 1.54) is 12.8 Å². The Kier molecular flexibility index (Phi) is 3.40. The Morgan fingerprint density at radius 1 is 1.38 bits per heavy atom. The number of rotatable bonds is 3. The van der Waals surface area contributed by atoms with Crippen molar-refractivity contribution in [3.8, 4) is 0 Å². The Labute approximate surface area is 93.7 Å². The maximum absolute atomic E-state index is 11.6. The van der Waals surface area contributed by atoms with Crippen molar-refractivity contribution >= 4 is 11.8 Å². The van der Waals surface area contributed by atoms with Gasteiger partial charge in [0.15, 0.2) is 0 Å². The summed E-state index contributed by atoms with van der Waals surface area (Å²) < 4.78 is 0. The Bertz CT molecular complexity index is 289. The molecular weight excluding hydrogens is 210 g/mol. The van der Waals surface area contributed by atoms with E-state index in [4.69, 9.17) is 0 Å². The molecule has 90 valence electrons. The number of carbonyl (C=O) groups excluding carboxylic acids is 2. The van der Waals surface area contributed by atoms with Gasteiger partial charge in [0.05, 0.1) is 6.10 Å². The highest BCUT2D eigenvalue weighted by Gasteiger charge is 2.39. The predicted octanol–water partition coefficient (Wildman–Crippen LogP) is -1.34. The monoisotopic (exact) mass is 227 g/mol. The van der Waals surface area contributed by atoms with Crippen LogP contribution in [0.15, 0.2) is 0 Å². The minimum absolute atomic E-state index is 0.153. The Hall–Kier alpha value is -1.14. The molecule has 0 aromatic rings. The molecule has 2 atom stereocenters. The van der Waals surface area contributed by atoms with Gasteiger partial charge < -0.3 is 10.4 Å². The number of amides is 2. The van der Waals surface area contributed by atoms with Gasteiger partial charge in [0, 0.05) is 12.6 Å². The van der Waals surface area contributed by atoms with E-state index in [0.717, 1.165) is 12.8 Å². The quantitative estimate of drug-likeness (QED) is 0.355. The van der Waals surface area contributed by atoms with Crippen molar-refractivity contribution in [1.82, 2.24) is 16.2 Å². The first-order chi connectivity index (χ1) is 7.68. The number of carbonyl (C=O) groups is 2. The molecule has 2 amide bonds. The van der Waals surface area contributed by atoms with Crippen LogP contribution in [0.3, 0.4) is 0 Å². The van der Waals surface area contributed by atoms with Crippen molar-refractivity contribution in [3.05, 3.63) is 0 Å². The minimum Gasteiger partial charge on any atom is -0.390 e. The third-order valence-electron chi connectivity index (χ3n) is 3.19. The fourth-order valence-corrected chi connectivity index (χ4v) is 2.22. The van der Waals surface area contributed by atoms with E-state index < -0.39 is 23.8 Å². The molecule has 0 bridgehead atoms. The van der Waals surface area contributed by atoms with Crippen molar-refractivity contribution in [2.45, 2.75) is 37.8 Å². The lowest BCUT2D eigenvalue weighted by atomic mass is 10.1. The molecule has 6 heteroatoms. The van der Waals surface area contributed by atoms with Gasteiger partial charge in [0.1, 0.15) is 5.92 Å². The summed E-state index contributed by atoms with van der Waals surface area (Å²) in [4.78, 5) is 22.9. The van der Waals surface area contributed by atoms with Crippen LogP contribution in [-0.2, 0) is 9.59 Å². The lowest BCUT2D eigenvalue weighted by molar-refractivity contribution is -0.136. The van der Waals surface area contributed by atoms with E-state index >= 15 is 0 Å². The summed E-state index contributed by atoms with van der Waals surface area (Å²) in [5.41, 5.74) is 5.43. The van der Waals surface area contributed by atoms with Gasteiger partial charge in [-0.1, -0.05) is 12.8 Å². The van der Waals surface area contributed by atoms with Crippen LogP contribution in [0.25, 0.3) is 0 Å². The summed E-state index contributed by atoms with van der Waals surface area (Å²) in [5.74, 6) is -1.83. The summed E-state index contributed by atoms with van der Waals surface area (Å²) in [6, 6.07) is 0.297. The van der Waals surface area contributed by atoms with Crippen LogP contribution in [0.2, 0.25) is 0 Å². The first-order valence-corrected chi connectivity index (χ1v) is 5.69. The zero-order valence-electron chi connectivity index (χ0n) is 9.03. The SMILES string of the molecule is O=C1NCC(O)C1C(=O)NNC1CCCC1. The first-order valence-electron chi connectivity index (χ1n) is 5.69. The van der Waals surface area contributed by atoms with Gasteiger partial charge in [-0.25, -0.2) is 5.43 Å². The molecule has 16 heavy (non-hydrogen) atoms. The van der Waals surface area contributed by atoms with E-state index in [9.17, 15) is 14.7 Å². The molecule has 6 nitrogen and oxygen atoms in total. The molecular formula is C10H17N3O3. The standard InChI is InChI=1S/C10H17N3O3/c14-7-5-11-9(15)8(7)10(16)13-12-6-3-1-2-4-6/h6-8,12,14H,1-5H2,(H,11,15)(H,13,16). The van der Waals surface area contributed by atoms with E-state index in [-0.39, 0.29) is 6.54 Å². The number of hydrogen-bond acceptors (Lipinski definition) is 4. The number of aliphatic hydroxyl groups is 1. The molecule has 0 aromatic carbocycles. The van der Waals surface area contributed by atoms with Crippen molar-refractivity contribution in [1.29, 1.82) is 0 Å². The molecule has 2 rings (SSSR count). The second-order valence-corrected chi connectivity index (χ2v) is 4.41. The Morgan fingerprint density at radius 3 is 2.62 bits per heavy atom. The van der Waals surface area contributed by atoms with Crippen LogP contribution >= 0.6 is 0 Å². The Morgan fingerprint density at radius 2 is 2.06 bits per heavy atom. The highest BCUT2D eigenvalue weighted by atomic mass is 16.3. The number of hydrogen-bond donors (Lipinski definition) is 4. The molecule has 1 aliphatic carbocycles. The van der Waals surface area contributed by atoms with Gasteiger partial charge in [0.2, 0.25) is 11.8 Å². The highest BCUT2D eigenvalue weighted by Crippen LogP contribution is 2.17. The molecule has 2 unspecified atom stereocenters. The maximum atomic E-state index is 11.6. The summed E-state index contributed by atoms with van der Waals surface area (Å²) in [5, 5.41) is 11.9. The van der Waals surface area contributed by atoms with Crippen LogP contribution in [-0.4, -0.2) is 35.6 Å². The predicted molar refractivity (Wildman–Crippen MR) is 56.0 cm³/mol. The number of nitrogens with one attached hydrogen (secondary N) is 3. The van der Waals surface area contributed by atoms with Crippen LogP contribution in [0, 0.1) is 5.92 Å². The lowest BCUT2D eigenvalue weighted by Crippen LogP contribution is -2.49. The van der Waals surface area contributed by atoms with Crippen LogP contribution in [0.4, 0.5) is 0 Å². The third-order valence-corrected chi connectivity index (χ3v) is 3.19. The summed E-state index contributed by atoms with van der Waals surface area (Å²) in [6.45, 7) is 0.153. The van der Waals surface area contributed by atoms with Crippen LogP contribution < -0.4 is 16.2 Å². The summed E-state index contributed by atoms with van der Waals surface area (Å²) >= 11 is 0. The average Bonchev–Trinajstić information content (AvgIpc) is 2.86. The maximum Gasteiger partial charge on any atom is 0.249 e. The first kappa shape index (κ1) is 11.3. The molecule has 0 aromatic heterocycles. The fourth-order valence-electron chi connectivity index (χ4n) is 2.22. The smallest absolute Gasteiger partial charge is 0.249 e. The van der Waals surface area contributed by atoms with Gasteiger partial charge in [-0.05, 0) is 12.8 Å². The fraction of sp³-hybridized carbons (Fsp3) is 0.800. The van der Waals surface area contributed by atoms with Crippen molar-refractivity contribution in [2.24, 2.45) is 5.92 Å². The second-order valence-electron chi connectivity index (χ2n) is 4.41. The van der Waals surface area contributed by atoms with Crippen molar-refractivity contribution in [3.63, 3.8) is 0 Å². The van der Waals surface area contributed by atoms with Gasteiger partial charge in [-0.3, -0.25) is 15.0 Å². The van der Waals surface area contributed by atoms with Crippen LogP contribution in [0.5, 0.6) is 0 Å². The van der Waals surface area contributed by atoms with Crippen molar-refractivity contribution in [2.75, 3.05) is 6.54 Å². The molecule has 0 radical (unpaired) electrons. The van der Waals surface area contributed by atoms with Crippen molar-refractivity contribution < 1.29 is 14.7 Å². The summed E-state index contributed by atoms with van der Waals surface area (Å²) in [6.07, 6.45) is 3.50. The average molecular weight is 227 g/mol. The molecule has 2 aliphatic rings. The number of β-amino-alcohol motifs (C(OH)–C–C–N with tert-alkyl or cyclic N) is 1. The molecule has 1 heterocycles. The minimum atomic E-state index is -0.978. The molecule has 2 fully saturated rings. The molecule has 0 spiro atoms. The topological polar surface area (TPSA) is 90.5 Å². The Balaban J connectivity index is 1.80. The van der Waals surface area contributed by atoms with E-state index in [1.54, 1.807) is 0 Å².